The molecule has 2 rings (SSSR count). The summed E-state index contributed by atoms with van der Waals surface area (Å²) in [5, 5.41) is 0.658. The van der Waals surface area contributed by atoms with E-state index in [2.05, 4.69) is 10.5 Å². The number of carbonyl (C=O) groups is 1. The molecule has 0 saturated carbocycles. The summed E-state index contributed by atoms with van der Waals surface area (Å²) >= 11 is 5.83. The van der Waals surface area contributed by atoms with Gasteiger partial charge in [-0.3, -0.25) is 4.99 Å². The highest BCUT2D eigenvalue weighted by molar-refractivity contribution is 6.30. The third-order valence-electron chi connectivity index (χ3n) is 2.62. The van der Waals surface area contributed by atoms with Gasteiger partial charge in [0.25, 0.3) is 0 Å². The van der Waals surface area contributed by atoms with Crippen molar-refractivity contribution in [2.75, 3.05) is 0 Å². The van der Waals surface area contributed by atoms with Gasteiger partial charge < -0.3 is 4.84 Å². The van der Waals surface area contributed by atoms with Crippen LogP contribution < -0.4 is 5.48 Å². The number of carbonyl (C=O) groups excluding carboxylic acids is 1. The van der Waals surface area contributed by atoms with Gasteiger partial charge in [0.05, 0.1) is 0 Å². The lowest BCUT2D eigenvalue weighted by Gasteiger charge is -2.21. The zero-order chi connectivity index (χ0) is 13.1. The van der Waals surface area contributed by atoms with Gasteiger partial charge in [0.2, 0.25) is 0 Å². The average Bonchev–Trinajstić information content (AvgIpc) is 2.32. The van der Waals surface area contributed by atoms with E-state index in [1.165, 1.54) is 0 Å². The Kier molecular flexibility index (Phi) is 3.87. The van der Waals surface area contributed by atoms with Crippen molar-refractivity contribution >= 4 is 23.4 Å². The van der Waals surface area contributed by atoms with Gasteiger partial charge in [0.1, 0.15) is 0 Å². The number of hydroxylamine groups is 1. The van der Waals surface area contributed by atoms with Crippen LogP contribution in [0.15, 0.2) is 29.3 Å². The molecule has 0 spiro atoms. The highest BCUT2D eigenvalue weighted by Gasteiger charge is 2.26. The van der Waals surface area contributed by atoms with Crippen molar-refractivity contribution < 1.29 is 9.63 Å². The van der Waals surface area contributed by atoms with Crippen LogP contribution in [-0.4, -0.2) is 17.8 Å². The Bertz CT molecular complexity index is 468. The Labute approximate surface area is 111 Å². The number of benzene rings is 1. The van der Waals surface area contributed by atoms with Crippen LogP contribution in [0.2, 0.25) is 5.02 Å². The van der Waals surface area contributed by atoms with Crippen molar-refractivity contribution in [1.82, 2.24) is 5.48 Å². The molecule has 0 saturated heterocycles. The van der Waals surface area contributed by atoms with Crippen molar-refractivity contribution in [1.29, 1.82) is 0 Å². The first-order valence-electron chi connectivity index (χ1n) is 5.86. The standard InChI is InChI=1S/C13H15ClN2O2/c1-8(2)7-11-13(17)18-16-12(15-11)9-3-5-10(14)6-4-9/h3-6,8,11H,7H2,1-2H3,(H,15,16). The summed E-state index contributed by atoms with van der Waals surface area (Å²) in [5.41, 5.74) is 3.41. The maximum atomic E-state index is 11.5. The van der Waals surface area contributed by atoms with Crippen molar-refractivity contribution in [2.24, 2.45) is 10.9 Å². The van der Waals surface area contributed by atoms with Crippen LogP contribution in [0.1, 0.15) is 25.8 Å². The molecule has 0 radical (unpaired) electrons. The number of aliphatic imine (C=N–C) groups is 1. The third-order valence-corrected chi connectivity index (χ3v) is 2.87. The van der Waals surface area contributed by atoms with Crippen molar-refractivity contribution in [2.45, 2.75) is 26.3 Å². The molecule has 96 valence electrons. The van der Waals surface area contributed by atoms with Gasteiger partial charge in [0, 0.05) is 10.6 Å². The molecule has 18 heavy (non-hydrogen) atoms. The molecule has 5 heteroatoms. The lowest BCUT2D eigenvalue weighted by atomic mass is 10.0. The molecule has 0 amide bonds. The second kappa shape index (κ2) is 5.40. The smallest absolute Gasteiger partial charge is 0.339 e. The van der Waals surface area contributed by atoms with Gasteiger partial charge in [-0.15, -0.1) is 0 Å². The number of nitrogens with one attached hydrogen (secondary N) is 1. The van der Waals surface area contributed by atoms with Gasteiger partial charge in [0.15, 0.2) is 11.9 Å². The van der Waals surface area contributed by atoms with Crippen molar-refractivity contribution in [3.63, 3.8) is 0 Å². The number of halogens is 1. The molecular weight excluding hydrogens is 252 g/mol. The quantitative estimate of drug-likeness (QED) is 0.915. The molecule has 0 bridgehead atoms. The Morgan fingerprint density at radius 3 is 2.67 bits per heavy atom. The van der Waals surface area contributed by atoms with Crippen LogP contribution in [0.25, 0.3) is 0 Å². The van der Waals surface area contributed by atoms with E-state index in [4.69, 9.17) is 16.4 Å². The minimum atomic E-state index is -0.433. The second-order valence-electron chi connectivity index (χ2n) is 4.65. The first-order chi connectivity index (χ1) is 8.56. The normalized spacial score (nSPS) is 19.2. The summed E-state index contributed by atoms with van der Waals surface area (Å²) in [4.78, 5) is 20.9. The minimum absolute atomic E-state index is 0.332. The third kappa shape index (κ3) is 3.01. The Balaban J connectivity index is 2.22. The van der Waals surface area contributed by atoms with Gasteiger partial charge in [-0.1, -0.05) is 25.4 Å². The summed E-state index contributed by atoms with van der Waals surface area (Å²) in [6.45, 7) is 4.10. The largest absolute Gasteiger partial charge is 0.356 e. The summed E-state index contributed by atoms with van der Waals surface area (Å²) in [5.74, 6) is 0.620. The van der Waals surface area contributed by atoms with Gasteiger partial charge in [-0.25, -0.2) is 10.3 Å². The molecule has 0 fully saturated rings. The Hall–Kier alpha value is -1.55. The number of hydrogen-bond acceptors (Lipinski definition) is 4. The maximum absolute atomic E-state index is 11.5. The Morgan fingerprint density at radius 2 is 2.06 bits per heavy atom. The van der Waals surface area contributed by atoms with Crippen LogP contribution in [0.4, 0.5) is 0 Å². The Morgan fingerprint density at radius 1 is 1.39 bits per heavy atom. The molecule has 1 aromatic carbocycles. The highest BCUT2D eigenvalue weighted by atomic mass is 35.5. The van der Waals surface area contributed by atoms with Crippen molar-refractivity contribution in [3.05, 3.63) is 34.9 Å². The first-order valence-corrected chi connectivity index (χ1v) is 6.24. The van der Waals surface area contributed by atoms with E-state index in [0.29, 0.717) is 23.2 Å². The summed E-state index contributed by atoms with van der Waals surface area (Å²) < 4.78 is 0. The summed E-state index contributed by atoms with van der Waals surface area (Å²) in [6, 6.07) is 6.78. The average molecular weight is 267 g/mol. The molecule has 0 aliphatic carbocycles. The molecule has 1 N–H and O–H groups in total. The van der Waals surface area contributed by atoms with E-state index in [9.17, 15) is 4.79 Å². The zero-order valence-electron chi connectivity index (χ0n) is 10.3. The van der Waals surface area contributed by atoms with Crippen LogP contribution in [0.3, 0.4) is 0 Å². The van der Waals surface area contributed by atoms with E-state index in [1.54, 1.807) is 12.1 Å². The van der Waals surface area contributed by atoms with Crippen LogP contribution in [0.5, 0.6) is 0 Å². The summed E-state index contributed by atoms with van der Waals surface area (Å²) in [6.07, 6.45) is 0.678. The fourth-order valence-corrected chi connectivity index (χ4v) is 1.86. The second-order valence-corrected chi connectivity index (χ2v) is 5.09. The van der Waals surface area contributed by atoms with E-state index in [1.807, 2.05) is 26.0 Å². The SMILES string of the molecule is CC(C)CC1N=C(c2ccc(Cl)cc2)NOC1=O. The molecule has 1 atom stereocenters. The fourth-order valence-electron chi connectivity index (χ4n) is 1.74. The van der Waals surface area contributed by atoms with E-state index in [-0.39, 0.29) is 5.97 Å². The van der Waals surface area contributed by atoms with Gasteiger partial charge in [-0.05, 0) is 36.6 Å². The van der Waals surface area contributed by atoms with Gasteiger partial charge in [-0.2, -0.15) is 0 Å². The van der Waals surface area contributed by atoms with Crippen LogP contribution in [0, 0.1) is 5.92 Å². The number of rotatable bonds is 3. The van der Waals surface area contributed by atoms with E-state index < -0.39 is 6.04 Å². The molecule has 1 unspecified atom stereocenters. The lowest BCUT2D eigenvalue weighted by Crippen LogP contribution is -2.40. The maximum Gasteiger partial charge on any atom is 0.356 e. The van der Waals surface area contributed by atoms with Gasteiger partial charge >= 0.3 is 5.97 Å². The molecular formula is C13H15ClN2O2. The highest BCUT2D eigenvalue weighted by Crippen LogP contribution is 2.16. The number of hydrogen-bond donors (Lipinski definition) is 1. The van der Waals surface area contributed by atoms with Crippen LogP contribution in [-0.2, 0) is 9.63 Å². The molecule has 1 aliphatic rings. The van der Waals surface area contributed by atoms with E-state index in [0.717, 1.165) is 5.56 Å². The topological polar surface area (TPSA) is 50.7 Å². The molecule has 0 aromatic heterocycles. The summed E-state index contributed by atoms with van der Waals surface area (Å²) in [7, 11) is 0. The fraction of sp³-hybridized carbons (Fsp3) is 0.385. The predicted molar refractivity (Wildman–Crippen MR) is 70.5 cm³/mol. The van der Waals surface area contributed by atoms with Crippen molar-refractivity contribution in [3.8, 4) is 0 Å². The monoisotopic (exact) mass is 266 g/mol. The van der Waals surface area contributed by atoms with E-state index >= 15 is 0 Å². The lowest BCUT2D eigenvalue weighted by molar-refractivity contribution is -0.151. The van der Waals surface area contributed by atoms with Crippen LogP contribution >= 0.6 is 11.6 Å². The number of nitrogens with zero attached hydrogens (tertiary/aromatic N) is 1. The molecule has 1 aliphatic heterocycles. The zero-order valence-corrected chi connectivity index (χ0v) is 11.1. The molecule has 1 heterocycles. The minimum Gasteiger partial charge on any atom is -0.339 e. The number of amidine groups is 1. The predicted octanol–water partition coefficient (Wildman–Crippen LogP) is 2.56. The molecule has 4 nitrogen and oxygen atoms in total. The molecule has 1 aromatic rings. The first kappa shape index (κ1) is 12.9.